The zero-order valence-corrected chi connectivity index (χ0v) is 12.6. The molecule has 0 radical (unpaired) electrons. The van der Waals surface area contributed by atoms with Crippen molar-refractivity contribution in [1.29, 1.82) is 0 Å². The van der Waals surface area contributed by atoms with Crippen LogP contribution < -0.4 is 5.32 Å². The zero-order valence-electron chi connectivity index (χ0n) is 12.6. The number of hydrogen-bond acceptors (Lipinski definition) is 3. The SMILES string of the molecule is CNc1ccc(COC2CC(C)CC(C)(C)C2)cn1. The molecule has 106 valence electrons. The number of pyridine rings is 1. The Hall–Kier alpha value is -1.09. The van der Waals surface area contributed by atoms with Gasteiger partial charge >= 0.3 is 0 Å². The van der Waals surface area contributed by atoms with Crippen molar-refractivity contribution in [2.75, 3.05) is 12.4 Å². The summed E-state index contributed by atoms with van der Waals surface area (Å²) in [6.45, 7) is 7.70. The topological polar surface area (TPSA) is 34.1 Å². The molecule has 2 atom stereocenters. The number of aromatic nitrogens is 1. The van der Waals surface area contributed by atoms with E-state index in [1.165, 1.54) is 19.3 Å². The minimum atomic E-state index is 0.391. The van der Waals surface area contributed by atoms with Crippen molar-refractivity contribution in [2.45, 2.75) is 52.7 Å². The first-order valence-corrected chi connectivity index (χ1v) is 7.23. The molecule has 2 unspecified atom stereocenters. The molecule has 0 bridgehead atoms. The Kier molecular flexibility index (Phi) is 4.46. The number of hydrogen-bond donors (Lipinski definition) is 1. The van der Waals surface area contributed by atoms with Crippen molar-refractivity contribution in [3.63, 3.8) is 0 Å². The summed E-state index contributed by atoms with van der Waals surface area (Å²) in [4.78, 5) is 4.31. The fourth-order valence-electron chi connectivity index (χ4n) is 3.26. The van der Waals surface area contributed by atoms with Gasteiger partial charge in [-0.3, -0.25) is 0 Å². The lowest BCUT2D eigenvalue weighted by Crippen LogP contribution is -2.32. The molecule has 0 saturated heterocycles. The van der Waals surface area contributed by atoms with E-state index in [1.807, 2.05) is 19.3 Å². The predicted molar refractivity (Wildman–Crippen MR) is 79.2 cm³/mol. The van der Waals surface area contributed by atoms with E-state index in [0.717, 1.165) is 17.3 Å². The molecule has 19 heavy (non-hydrogen) atoms. The van der Waals surface area contributed by atoms with Gasteiger partial charge in [-0.25, -0.2) is 4.98 Å². The lowest BCUT2D eigenvalue weighted by atomic mass is 9.71. The minimum absolute atomic E-state index is 0.391. The summed E-state index contributed by atoms with van der Waals surface area (Å²) in [7, 11) is 1.88. The van der Waals surface area contributed by atoms with Crippen LogP contribution in [0.3, 0.4) is 0 Å². The van der Waals surface area contributed by atoms with Crippen LogP contribution in [0.15, 0.2) is 18.3 Å². The lowest BCUT2D eigenvalue weighted by molar-refractivity contribution is -0.0316. The smallest absolute Gasteiger partial charge is 0.125 e. The molecular weight excluding hydrogens is 236 g/mol. The first kappa shape index (κ1) is 14.3. The van der Waals surface area contributed by atoms with Crippen LogP contribution in [0.25, 0.3) is 0 Å². The van der Waals surface area contributed by atoms with Gasteiger partial charge in [-0.1, -0.05) is 26.8 Å². The molecule has 2 rings (SSSR count). The number of anilines is 1. The van der Waals surface area contributed by atoms with Gasteiger partial charge in [0.2, 0.25) is 0 Å². The van der Waals surface area contributed by atoms with Gasteiger partial charge in [0, 0.05) is 13.2 Å². The summed E-state index contributed by atoms with van der Waals surface area (Å²) in [5.74, 6) is 1.66. The van der Waals surface area contributed by atoms with Gasteiger partial charge in [-0.05, 0) is 42.2 Å². The van der Waals surface area contributed by atoms with Gasteiger partial charge in [0.1, 0.15) is 5.82 Å². The molecule has 0 spiro atoms. The zero-order chi connectivity index (χ0) is 13.9. The molecule has 3 nitrogen and oxygen atoms in total. The van der Waals surface area contributed by atoms with Crippen molar-refractivity contribution >= 4 is 5.82 Å². The first-order chi connectivity index (χ1) is 8.98. The van der Waals surface area contributed by atoms with E-state index in [-0.39, 0.29) is 0 Å². The Labute approximate surface area is 116 Å². The van der Waals surface area contributed by atoms with Crippen LogP contribution in [0.1, 0.15) is 45.6 Å². The fourth-order valence-corrected chi connectivity index (χ4v) is 3.26. The predicted octanol–water partition coefficient (Wildman–Crippen LogP) is 3.85. The van der Waals surface area contributed by atoms with Crippen molar-refractivity contribution in [3.05, 3.63) is 23.9 Å². The summed E-state index contributed by atoms with van der Waals surface area (Å²) in [6, 6.07) is 4.07. The third kappa shape index (κ3) is 4.20. The second-order valence-corrected chi connectivity index (χ2v) is 6.65. The average molecular weight is 262 g/mol. The molecule has 1 fully saturated rings. The molecule has 3 heteroatoms. The highest BCUT2D eigenvalue weighted by Crippen LogP contribution is 2.39. The van der Waals surface area contributed by atoms with E-state index in [4.69, 9.17) is 4.74 Å². The van der Waals surface area contributed by atoms with Crippen LogP contribution in [-0.4, -0.2) is 18.1 Å². The number of ether oxygens (including phenoxy) is 1. The van der Waals surface area contributed by atoms with Crippen LogP contribution >= 0.6 is 0 Å². The molecule has 1 saturated carbocycles. The summed E-state index contributed by atoms with van der Waals surface area (Å²) in [6.07, 6.45) is 5.95. The maximum atomic E-state index is 6.09. The molecule has 1 aliphatic carbocycles. The van der Waals surface area contributed by atoms with Crippen LogP contribution in [-0.2, 0) is 11.3 Å². The summed E-state index contributed by atoms with van der Waals surface area (Å²) in [5.41, 5.74) is 1.56. The van der Waals surface area contributed by atoms with Crippen LogP contribution in [0.2, 0.25) is 0 Å². The Bertz CT molecular complexity index is 400. The van der Waals surface area contributed by atoms with Gasteiger partial charge in [0.25, 0.3) is 0 Å². The molecule has 1 aliphatic rings. The van der Waals surface area contributed by atoms with E-state index >= 15 is 0 Å². The Morgan fingerprint density at radius 2 is 2.16 bits per heavy atom. The van der Waals surface area contributed by atoms with E-state index in [2.05, 4.69) is 37.1 Å². The van der Waals surface area contributed by atoms with E-state index in [1.54, 1.807) is 0 Å². The molecule has 0 aliphatic heterocycles. The summed E-state index contributed by atoms with van der Waals surface area (Å²) in [5, 5.41) is 3.02. The van der Waals surface area contributed by atoms with Crippen molar-refractivity contribution < 1.29 is 4.74 Å². The Balaban J connectivity index is 1.87. The van der Waals surface area contributed by atoms with Gasteiger partial charge in [-0.2, -0.15) is 0 Å². The van der Waals surface area contributed by atoms with Gasteiger partial charge < -0.3 is 10.1 Å². The lowest BCUT2D eigenvalue weighted by Gasteiger charge is -2.38. The molecule has 1 aromatic heterocycles. The normalized spacial score (nSPS) is 26.1. The third-order valence-corrected chi connectivity index (χ3v) is 3.91. The van der Waals surface area contributed by atoms with E-state index in [9.17, 15) is 0 Å². The van der Waals surface area contributed by atoms with Gasteiger partial charge in [-0.15, -0.1) is 0 Å². The quantitative estimate of drug-likeness (QED) is 0.894. The molecular formula is C16H26N2O. The summed E-state index contributed by atoms with van der Waals surface area (Å²) < 4.78 is 6.09. The second-order valence-electron chi connectivity index (χ2n) is 6.65. The molecule has 1 aromatic rings. The molecule has 0 aromatic carbocycles. The largest absolute Gasteiger partial charge is 0.373 e. The number of rotatable bonds is 4. The monoisotopic (exact) mass is 262 g/mol. The highest BCUT2D eigenvalue weighted by atomic mass is 16.5. The summed E-state index contributed by atoms with van der Waals surface area (Å²) >= 11 is 0. The molecule has 1 N–H and O–H groups in total. The maximum absolute atomic E-state index is 6.09. The fraction of sp³-hybridized carbons (Fsp3) is 0.688. The minimum Gasteiger partial charge on any atom is -0.373 e. The first-order valence-electron chi connectivity index (χ1n) is 7.23. The highest BCUT2D eigenvalue weighted by Gasteiger charge is 2.32. The Morgan fingerprint density at radius 1 is 1.37 bits per heavy atom. The van der Waals surface area contributed by atoms with Crippen LogP contribution in [0.4, 0.5) is 5.82 Å². The van der Waals surface area contributed by atoms with Crippen molar-refractivity contribution in [1.82, 2.24) is 4.98 Å². The number of nitrogens with zero attached hydrogens (tertiary/aromatic N) is 1. The number of nitrogens with one attached hydrogen (secondary N) is 1. The molecule has 1 heterocycles. The van der Waals surface area contributed by atoms with Crippen LogP contribution in [0, 0.1) is 11.3 Å². The van der Waals surface area contributed by atoms with Gasteiger partial charge in [0.05, 0.1) is 12.7 Å². The highest BCUT2D eigenvalue weighted by molar-refractivity contribution is 5.34. The van der Waals surface area contributed by atoms with E-state index < -0.39 is 0 Å². The van der Waals surface area contributed by atoms with Crippen LogP contribution in [0.5, 0.6) is 0 Å². The Morgan fingerprint density at radius 3 is 2.74 bits per heavy atom. The average Bonchev–Trinajstić information content (AvgIpc) is 2.34. The van der Waals surface area contributed by atoms with Crippen molar-refractivity contribution in [2.24, 2.45) is 11.3 Å². The van der Waals surface area contributed by atoms with Gasteiger partial charge in [0.15, 0.2) is 0 Å². The maximum Gasteiger partial charge on any atom is 0.125 e. The van der Waals surface area contributed by atoms with Crippen molar-refractivity contribution in [3.8, 4) is 0 Å². The standard InChI is InChI=1S/C16H26N2O/c1-12-7-14(9-16(2,3)8-12)19-11-13-5-6-15(17-4)18-10-13/h5-6,10,12,14H,7-9,11H2,1-4H3,(H,17,18). The third-order valence-electron chi connectivity index (χ3n) is 3.91. The second kappa shape index (κ2) is 5.91. The molecule has 0 amide bonds. The van der Waals surface area contributed by atoms with E-state index in [0.29, 0.717) is 18.1 Å².